The Morgan fingerprint density at radius 1 is 1.03 bits per heavy atom. The second kappa shape index (κ2) is 10.6. The highest BCUT2D eigenvalue weighted by atomic mass is 16.5. The van der Waals surface area contributed by atoms with Gasteiger partial charge in [-0.1, -0.05) is 6.08 Å². The van der Waals surface area contributed by atoms with Crippen LogP contribution in [0.3, 0.4) is 0 Å². The zero-order chi connectivity index (χ0) is 21.3. The Morgan fingerprint density at radius 2 is 1.90 bits per heavy atom. The van der Waals surface area contributed by atoms with Crippen LogP contribution in [0, 0.1) is 0 Å². The van der Waals surface area contributed by atoms with Gasteiger partial charge in [0.2, 0.25) is 0 Å². The van der Waals surface area contributed by atoms with Crippen molar-refractivity contribution in [3.63, 3.8) is 0 Å². The molecule has 0 aliphatic carbocycles. The van der Waals surface area contributed by atoms with Crippen molar-refractivity contribution in [2.24, 2.45) is 0 Å². The third-order valence-electron chi connectivity index (χ3n) is 4.99. The first-order chi connectivity index (χ1) is 14.7. The Morgan fingerprint density at radius 3 is 2.63 bits per heavy atom. The predicted molar refractivity (Wildman–Crippen MR) is 121 cm³/mol. The number of hydrogen-bond donors (Lipinski definition) is 0. The van der Waals surface area contributed by atoms with E-state index < -0.39 is 0 Å². The Bertz CT molecular complexity index is 1020. The molecule has 1 aromatic heterocycles. The number of carbonyl (C=O) groups is 1. The summed E-state index contributed by atoms with van der Waals surface area (Å²) in [5.74, 6) is 1.59. The fraction of sp³-hybridized carbons (Fsp3) is 0.320. The first-order valence-corrected chi connectivity index (χ1v) is 10.2. The number of allylic oxidation sites excluding steroid dienone is 1. The molecule has 3 aromatic rings. The fourth-order valence-electron chi connectivity index (χ4n) is 3.56. The molecule has 0 fully saturated rings. The molecule has 0 spiro atoms. The van der Waals surface area contributed by atoms with Crippen molar-refractivity contribution in [1.29, 1.82) is 0 Å². The number of fused-ring (bicyclic) bond motifs is 1. The Kier molecular flexibility index (Phi) is 7.69. The minimum atomic E-state index is 0.582. The van der Waals surface area contributed by atoms with Gasteiger partial charge in [0.1, 0.15) is 17.8 Å². The van der Waals surface area contributed by atoms with Crippen molar-refractivity contribution in [2.45, 2.75) is 26.3 Å². The smallest absolute Gasteiger partial charge is 0.150 e. The van der Waals surface area contributed by atoms with E-state index in [4.69, 9.17) is 14.2 Å². The van der Waals surface area contributed by atoms with E-state index in [1.54, 1.807) is 20.3 Å². The molecule has 5 heteroatoms. The zero-order valence-electron chi connectivity index (χ0n) is 17.9. The fourth-order valence-corrected chi connectivity index (χ4v) is 3.56. The van der Waals surface area contributed by atoms with Gasteiger partial charge in [-0.15, -0.1) is 0 Å². The van der Waals surface area contributed by atoms with Crippen LogP contribution in [0.4, 0.5) is 0 Å². The summed E-state index contributed by atoms with van der Waals surface area (Å²) < 4.78 is 18.5. The van der Waals surface area contributed by atoms with E-state index in [-0.39, 0.29) is 0 Å². The van der Waals surface area contributed by atoms with Crippen molar-refractivity contribution < 1.29 is 19.0 Å². The first kappa shape index (κ1) is 21.7. The number of benzene rings is 2. The van der Waals surface area contributed by atoms with Crippen LogP contribution in [0.25, 0.3) is 17.0 Å². The highest BCUT2D eigenvalue weighted by Crippen LogP contribution is 2.26. The number of hydrogen-bond acceptors (Lipinski definition) is 4. The highest BCUT2D eigenvalue weighted by molar-refractivity contribution is 5.85. The summed E-state index contributed by atoms with van der Waals surface area (Å²) in [6.07, 6.45) is 6.88. The molecule has 0 aliphatic heterocycles. The lowest BCUT2D eigenvalue weighted by atomic mass is 10.1. The van der Waals surface area contributed by atoms with E-state index in [2.05, 4.69) is 34.9 Å². The molecule has 158 valence electrons. The summed E-state index contributed by atoms with van der Waals surface area (Å²) in [5.41, 5.74) is 4.00. The normalized spacial score (nSPS) is 11.3. The molecule has 0 amide bonds. The van der Waals surface area contributed by atoms with Gasteiger partial charge in [-0.2, -0.15) is 0 Å². The molecule has 1 heterocycles. The number of aldehydes is 1. The largest absolute Gasteiger partial charge is 0.497 e. The third-order valence-corrected chi connectivity index (χ3v) is 4.99. The first-order valence-electron chi connectivity index (χ1n) is 10.2. The van der Waals surface area contributed by atoms with E-state index in [0.29, 0.717) is 18.8 Å². The molecular formula is C25H29NO4. The van der Waals surface area contributed by atoms with Crippen LogP contribution in [-0.4, -0.2) is 38.3 Å². The quantitative estimate of drug-likeness (QED) is 0.412. The van der Waals surface area contributed by atoms with Crippen LogP contribution in [0.2, 0.25) is 0 Å². The van der Waals surface area contributed by atoms with Crippen molar-refractivity contribution in [3.8, 4) is 11.5 Å². The molecule has 0 saturated heterocycles. The van der Waals surface area contributed by atoms with Crippen LogP contribution < -0.4 is 9.47 Å². The average molecular weight is 408 g/mol. The van der Waals surface area contributed by atoms with E-state index in [1.807, 2.05) is 25.1 Å². The van der Waals surface area contributed by atoms with Gasteiger partial charge in [0.25, 0.3) is 0 Å². The molecule has 0 radical (unpaired) electrons. The van der Waals surface area contributed by atoms with Gasteiger partial charge < -0.3 is 18.8 Å². The van der Waals surface area contributed by atoms with Crippen LogP contribution >= 0.6 is 0 Å². The Labute approximate surface area is 177 Å². The second-order valence-electron chi connectivity index (χ2n) is 7.04. The van der Waals surface area contributed by atoms with Gasteiger partial charge in [-0.3, -0.25) is 4.79 Å². The molecule has 0 saturated carbocycles. The zero-order valence-corrected chi connectivity index (χ0v) is 17.9. The summed E-state index contributed by atoms with van der Waals surface area (Å²) in [7, 11) is 3.40. The van der Waals surface area contributed by atoms with Gasteiger partial charge in [-0.25, -0.2) is 0 Å². The van der Waals surface area contributed by atoms with Crippen LogP contribution in [-0.2, 0) is 17.7 Å². The maximum absolute atomic E-state index is 11.2. The minimum Gasteiger partial charge on any atom is -0.497 e. The van der Waals surface area contributed by atoms with Gasteiger partial charge in [0.05, 0.1) is 25.8 Å². The molecule has 2 aromatic carbocycles. The molecule has 30 heavy (non-hydrogen) atoms. The minimum absolute atomic E-state index is 0.582. The molecule has 0 unspecified atom stereocenters. The van der Waals surface area contributed by atoms with Crippen molar-refractivity contribution in [1.82, 2.24) is 4.57 Å². The van der Waals surface area contributed by atoms with Crippen molar-refractivity contribution in [2.75, 3.05) is 27.4 Å². The molecule has 0 atom stereocenters. The number of methoxy groups -OCH3 is 2. The number of carbonyl (C=O) groups excluding carboxylic acids is 1. The highest BCUT2D eigenvalue weighted by Gasteiger charge is 2.08. The van der Waals surface area contributed by atoms with E-state index >= 15 is 0 Å². The molecule has 0 N–H and O–H groups in total. The van der Waals surface area contributed by atoms with Crippen LogP contribution in [0.5, 0.6) is 11.5 Å². The number of aryl methyl sites for hydroxylation is 1. The van der Waals surface area contributed by atoms with Gasteiger partial charge in [0.15, 0.2) is 0 Å². The standard InChI is InChI=1S/C25H29NO4/c1-4-30-24-14-19(13-20(15-24)18-27)7-5-6-8-22-16-21-9-10-23(29-3)17-25(21)26(22)11-12-28-2/h6,8-10,13-18H,4-5,7,11-12H2,1-3H3/b8-6+. The third kappa shape index (κ3) is 5.30. The number of nitrogens with zero attached hydrogens (tertiary/aromatic N) is 1. The molecule has 0 bridgehead atoms. The topological polar surface area (TPSA) is 49.7 Å². The van der Waals surface area contributed by atoms with E-state index in [9.17, 15) is 4.79 Å². The molecule has 0 aliphatic rings. The monoisotopic (exact) mass is 407 g/mol. The predicted octanol–water partition coefficient (Wildman–Crippen LogP) is 5.15. The van der Waals surface area contributed by atoms with Crippen molar-refractivity contribution >= 4 is 23.3 Å². The summed E-state index contributed by atoms with van der Waals surface area (Å²) >= 11 is 0. The van der Waals surface area contributed by atoms with Gasteiger partial charge in [-0.05, 0) is 67.8 Å². The lowest BCUT2D eigenvalue weighted by Crippen LogP contribution is -2.05. The van der Waals surface area contributed by atoms with E-state index in [0.717, 1.165) is 53.9 Å². The molecule has 3 rings (SSSR count). The molecular weight excluding hydrogens is 378 g/mol. The maximum atomic E-state index is 11.2. The Balaban J connectivity index is 1.77. The van der Waals surface area contributed by atoms with Gasteiger partial charge >= 0.3 is 0 Å². The van der Waals surface area contributed by atoms with E-state index in [1.165, 1.54) is 5.39 Å². The number of rotatable bonds is 11. The van der Waals surface area contributed by atoms with Gasteiger partial charge in [0, 0.05) is 36.4 Å². The van der Waals surface area contributed by atoms with Crippen LogP contribution in [0.15, 0.2) is 48.5 Å². The lowest BCUT2D eigenvalue weighted by molar-refractivity contribution is 0.112. The number of ether oxygens (including phenoxy) is 3. The summed E-state index contributed by atoms with van der Waals surface area (Å²) in [5, 5.41) is 1.17. The maximum Gasteiger partial charge on any atom is 0.150 e. The second-order valence-corrected chi connectivity index (χ2v) is 7.04. The summed E-state index contributed by atoms with van der Waals surface area (Å²) in [6, 6.07) is 14.0. The number of aromatic nitrogens is 1. The summed E-state index contributed by atoms with van der Waals surface area (Å²) in [6.45, 7) is 3.93. The lowest BCUT2D eigenvalue weighted by Gasteiger charge is -2.09. The van der Waals surface area contributed by atoms with Crippen LogP contribution in [0.1, 0.15) is 35.0 Å². The van der Waals surface area contributed by atoms with Crippen molar-refractivity contribution in [3.05, 3.63) is 65.4 Å². The summed E-state index contributed by atoms with van der Waals surface area (Å²) in [4.78, 5) is 11.2. The SMILES string of the molecule is CCOc1cc(C=O)cc(CC/C=C/c2cc3ccc(OC)cc3n2CCOC)c1. The molecule has 5 nitrogen and oxygen atoms in total. The Hall–Kier alpha value is -3.05. The average Bonchev–Trinajstić information content (AvgIpc) is 3.11.